The number of ether oxygens (including phenoxy) is 2. The topological polar surface area (TPSA) is 35.5 Å². The Labute approximate surface area is 102 Å². The summed E-state index contributed by atoms with van der Waals surface area (Å²) in [5, 5.41) is 0. The van der Waals surface area contributed by atoms with E-state index in [4.69, 9.17) is 9.47 Å². The molecule has 0 bridgehead atoms. The monoisotopic (exact) mass is 282 g/mol. The zero-order valence-electron chi connectivity index (χ0n) is 8.83. The van der Waals surface area contributed by atoms with Gasteiger partial charge < -0.3 is 9.47 Å². The quantitative estimate of drug-likeness (QED) is 0.734. The molecular weight excluding hydrogens is 272 g/mol. The minimum atomic E-state index is -0.488. The van der Waals surface area contributed by atoms with Gasteiger partial charge in [-0.3, -0.25) is 4.79 Å². The van der Waals surface area contributed by atoms with Crippen molar-refractivity contribution in [3.05, 3.63) is 28.2 Å². The van der Waals surface area contributed by atoms with Crippen LogP contribution in [0.1, 0.15) is 23.7 Å². The minimum absolute atomic E-state index is 0.0301. The minimum Gasteiger partial charge on any atom is -0.483 e. The molecule has 0 aliphatic carbocycles. The maximum atomic E-state index is 12.2. The Bertz CT molecular complexity index is 471. The van der Waals surface area contributed by atoms with Gasteiger partial charge in [0.25, 0.3) is 0 Å². The number of fused-ring (bicyclic) bond motifs is 2. The fraction of sp³-hybridized carbons (Fsp3) is 0.417. The van der Waals surface area contributed by atoms with Crippen LogP contribution in [0.3, 0.4) is 0 Å². The van der Waals surface area contributed by atoms with Crippen molar-refractivity contribution in [1.29, 1.82) is 0 Å². The van der Waals surface area contributed by atoms with E-state index in [9.17, 15) is 4.79 Å². The van der Waals surface area contributed by atoms with E-state index < -0.39 is 11.7 Å². The zero-order valence-corrected chi connectivity index (χ0v) is 10.4. The number of halogens is 1. The van der Waals surface area contributed by atoms with E-state index in [1.165, 1.54) is 0 Å². The van der Waals surface area contributed by atoms with Crippen LogP contribution >= 0.6 is 15.9 Å². The predicted molar refractivity (Wildman–Crippen MR) is 61.9 cm³/mol. The van der Waals surface area contributed by atoms with Gasteiger partial charge in [0, 0.05) is 10.9 Å². The number of hydrogen-bond donors (Lipinski definition) is 0. The third kappa shape index (κ3) is 1.33. The van der Waals surface area contributed by atoms with Gasteiger partial charge in [0.15, 0.2) is 11.9 Å². The summed E-state index contributed by atoms with van der Waals surface area (Å²) in [6, 6.07) is 5.50. The lowest BCUT2D eigenvalue weighted by atomic mass is 9.88. The first-order valence-electron chi connectivity index (χ1n) is 5.24. The van der Waals surface area contributed by atoms with Crippen LogP contribution in [0.2, 0.25) is 0 Å². The molecule has 84 valence electrons. The van der Waals surface area contributed by atoms with Crippen LogP contribution in [0, 0.1) is 0 Å². The van der Waals surface area contributed by atoms with Crippen LogP contribution in [-0.2, 0) is 4.74 Å². The van der Waals surface area contributed by atoms with Gasteiger partial charge in [-0.15, -0.1) is 0 Å². The number of Topliss-reactive ketones (excluding diaryl/α,β-unsaturated/α-hetero) is 1. The van der Waals surface area contributed by atoms with Gasteiger partial charge in [-0.2, -0.15) is 0 Å². The average molecular weight is 283 g/mol. The summed E-state index contributed by atoms with van der Waals surface area (Å²) in [6.45, 7) is 2.52. The summed E-state index contributed by atoms with van der Waals surface area (Å²) in [7, 11) is 0. The van der Waals surface area contributed by atoms with Crippen molar-refractivity contribution >= 4 is 21.7 Å². The highest BCUT2D eigenvalue weighted by molar-refractivity contribution is 9.10. The Morgan fingerprint density at radius 2 is 2.31 bits per heavy atom. The van der Waals surface area contributed by atoms with Crippen molar-refractivity contribution in [1.82, 2.24) is 0 Å². The Kier molecular flexibility index (Phi) is 2.13. The molecule has 0 saturated carbocycles. The van der Waals surface area contributed by atoms with E-state index in [0.29, 0.717) is 17.9 Å². The summed E-state index contributed by atoms with van der Waals surface area (Å²) in [5.74, 6) is 0.694. The maximum Gasteiger partial charge on any atom is 0.199 e. The molecule has 0 radical (unpaired) electrons. The standard InChI is InChI=1S/C12H11BrO3/c1-12-4-5-15-11(12)10(14)8-6-7(13)2-3-9(8)16-12/h2-3,6,11H,4-5H2,1H3/t11-,12-/m1/s1. The second kappa shape index (κ2) is 3.31. The number of rotatable bonds is 0. The summed E-state index contributed by atoms with van der Waals surface area (Å²) in [5.41, 5.74) is 0.122. The predicted octanol–water partition coefficient (Wildman–Crippen LogP) is 2.57. The largest absolute Gasteiger partial charge is 0.483 e. The molecule has 0 aromatic heterocycles. The van der Waals surface area contributed by atoms with Crippen LogP contribution in [-0.4, -0.2) is 24.1 Å². The molecule has 3 rings (SSSR count). The lowest BCUT2D eigenvalue weighted by Gasteiger charge is -2.35. The molecule has 1 aromatic carbocycles. The Morgan fingerprint density at radius 3 is 3.12 bits per heavy atom. The van der Waals surface area contributed by atoms with Crippen molar-refractivity contribution in [3.8, 4) is 5.75 Å². The Morgan fingerprint density at radius 1 is 1.50 bits per heavy atom. The van der Waals surface area contributed by atoms with Gasteiger partial charge in [-0.25, -0.2) is 0 Å². The van der Waals surface area contributed by atoms with Crippen molar-refractivity contribution in [2.75, 3.05) is 6.61 Å². The van der Waals surface area contributed by atoms with Crippen LogP contribution < -0.4 is 4.74 Å². The molecule has 16 heavy (non-hydrogen) atoms. The van der Waals surface area contributed by atoms with E-state index in [-0.39, 0.29) is 5.78 Å². The summed E-state index contributed by atoms with van der Waals surface area (Å²) in [4.78, 5) is 12.2. The summed E-state index contributed by atoms with van der Waals surface area (Å²) < 4.78 is 12.3. The van der Waals surface area contributed by atoms with E-state index in [0.717, 1.165) is 10.9 Å². The molecule has 0 amide bonds. The molecule has 1 aromatic rings. The third-order valence-corrected chi connectivity index (χ3v) is 3.72. The molecule has 2 heterocycles. The van der Waals surface area contributed by atoms with Crippen molar-refractivity contribution in [3.63, 3.8) is 0 Å². The Hall–Kier alpha value is -0.870. The van der Waals surface area contributed by atoms with Crippen molar-refractivity contribution in [2.45, 2.75) is 25.0 Å². The SMILES string of the molecule is C[C@@]12CCO[C@@H]1C(=O)c1cc(Br)ccc1O2. The van der Waals surface area contributed by atoms with E-state index in [1.54, 1.807) is 6.07 Å². The van der Waals surface area contributed by atoms with Gasteiger partial charge in [0.05, 0.1) is 12.2 Å². The number of benzene rings is 1. The fourth-order valence-electron chi connectivity index (χ4n) is 2.32. The van der Waals surface area contributed by atoms with Gasteiger partial charge in [0.2, 0.25) is 0 Å². The highest BCUT2D eigenvalue weighted by atomic mass is 79.9. The molecule has 4 heteroatoms. The smallest absolute Gasteiger partial charge is 0.199 e. The first kappa shape index (κ1) is 10.3. The van der Waals surface area contributed by atoms with Gasteiger partial charge in [-0.1, -0.05) is 15.9 Å². The fourth-order valence-corrected chi connectivity index (χ4v) is 2.68. The third-order valence-electron chi connectivity index (χ3n) is 3.23. The zero-order chi connectivity index (χ0) is 11.3. The average Bonchev–Trinajstić information content (AvgIpc) is 2.62. The van der Waals surface area contributed by atoms with Gasteiger partial charge >= 0.3 is 0 Å². The number of carbonyl (C=O) groups excluding carboxylic acids is 1. The number of carbonyl (C=O) groups is 1. The van der Waals surface area contributed by atoms with Crippen molar-refractivity contribution in [2.24, 2.45) is 0 Å². The first-order chi connectivity index (χ1) is 7.60. The van der Waals surface area contributed by atoms with Crippen LogP contribution in [0.15, 0.2) is 22.7 Å². The van der Waals surface area contributed by atoms with Crippen molar-refractivity contribution < 1.29 is 14.3 Å². The molecule has 0 N–H and O–H groups in total. The number of hydrogen-bond acceptors (Lipinski definition) is 3. The van der Waals surface area contributed by atoms with Crippen LogP contribution in [0.4, 0.5) is 0 Å². The molecule has 1 fully saturated rings. The number of ketones is 1. The lowest BCUT2D eigenvalue weighted by Crippen LogP contribution is -2.49. The lowest BCUT2D eigenvalue weighted by molar-refractivity contribution is -0.00683. The van der Waals surface area contributed by atoms with Gasteiger partial charge in [0.1, 0.15) is 11.4 Å². The second-order valence-electron chi connectivity index (χ2n) is 4.42. The molecule has 0 spiro atoms. The first-order valence-corrected chi connectivity index (χ1v) is 6.04. The molecule has 2 aliphatic rings. The molecule has 0 unspecified atom stereocenters. The summed E-state index contributed by atoms with van der Waals surface area (Å²) in [6.07, 6.45) is 0.313. The van der Waals surface area contributed by atoms with E-state index >= 15 is 0 Å². The molecule has 2 aliphatic heterocycles. The van der Waals surface area contributed by atoms with E-state index in [2.05, 4.69) is 15.9 Å². The van der Waals surface area contributed by atoms with E-state index in [1.807, 2.05) is 19.1 Å². The molecule has 3 nitrogen and oxygen atoms in total. The van der Waals surface area contributed by atoms with Gasteiger partial charge in [-0.05, 0) is 25.1 Å². The van der Waals surface area contributed by atoms with Crippen LogP contribution in [0.25, 0.3) is 0 Å². The molecular formula is C12H11BrO3. The second-order valence-corrected chi connectivity index (χ2v) is 5.34. The maximum absolute atomic E-state index is 12.2. The normalized spacial score (nSPS) is 31.9. The highest BCUT2D eigenvalue weighted by Gasteiger charge is 2.50. The van der Waals surface area contributed by atoms with Crippen LogP contribution in [0.5, 0.6) is 5.75 Å². The Balaban J connectivity index is 2.13. The molecule has 2 atom stereocenters. The molecule has 1 saturated heterocycles. The highest BCUT2D eigenvalue weighted by Crippen LogP contribution is 2.40. The summed E-state index contributed by atoms with van der Waals surface area (Å²) >= 11 is 3.36.